The summed E-state index contributed by atoms with van der Waals surface area (Å²) in [5, 5.41) is 22.5. The normalized spacial score (nSPS) is 12.2. The van der Waals surface area contributed by atoms with Crippen LogP contribution in [0.25, 0.3) is 10.9 Å². The molecule has 0 amide bonds. The second-order valence-corrected chi connectivity index (χ2v) is 7.17. The van der Waals surface area contributed by atoms with E-state index in [1.54, 1.807) is 12.3 Å². The van der Waals surface area contributed by atoms with E-state index < -0.39 is 0 Å². The fraction of sp³-hybridized carbons (Fsp3) is 0.167. The molecule has 0 radical (unpaired) electrons. The molecule has 0 aliphatic carbocycles. The van der Waals surface area contributed by atoms with Gasteiger partial charge in [-0.15, -0.1) is 0 Å². The number of aromatic nitrogens is 2. The lowest BCUT2D eigenvalue weighted by Crippen LogP contribution is -2.08. The van der Waals surface area contributed by atoms with Crippen molar-refractivity contribution in [3.63, 3.8) is 0 Å². The van der Waals surface area contributed by atoms with E-state index >= 15 is 0 Å². The number of fused-ring (bicyclic) bond motifs is 1. The van der Waals surface area contributed by atoms with E-state index in [1.807, 2.05) is 68.4 Å². The third-order valence-corrected chi connectivity index (χ3v) is 5.07. The predicted molar refractivity (Wildman–Crippen MR) is 111 cm³/mol. The second-order valence-electron chi connectivity index (χ2n) is 7.17. The SMILES string of the molecule is Cc1ccc(O)c(C(Cc2cccc(C)n2)c2ccc3cccnc3c2O)c1. The summed E-state index contributed by atoms with van der Waals surface area (Å²) < 4.78 is 0. The smallest absolute Gasteiger partial charge is 0.145 e. The molecule has 0 aliphatic rings. The number of aryl methyl sites for hydroxylation is 2. The maximum absolute atomic E-state index is 11.0. The molecule has 0 spiro atoms. The minimum absolute atomic E-state index is 0.150. The molecule has 2 aromatic heterocycles. The van der Waals surface area contributed by atoms with Crippen molar-refractivity contribution < 1.29 is 10.2 Å². The van der Waals surface area contributed by atoms with E-state index in [0.717, 1.165) is 33.5 Å². The van der Waals surface area contributed by atoms with Gasteiger partial charge >= 0.3 is 0 Å². The van der Waals surface area contributed by atoms with Crippen LogP contribution in [0.2, 0.25) is 0 Å². The summed E-state index contributed by atoms with van der Waals surface area (Å²) in [7, 11) is 0. The highest BCUT2D eigenvalue weighted by Crippen LogP contribution is 2.40. The van der Waals surface area contributed by atoms with Gasteiger partial charge in [0.15, 0.2) is 0 Å². The quantitative estimate of drug-likeness (QED) is 0.529. The zero-order valence-corrected chi connectivity index (χ0v) is 15.9. The first-order valence-corrected chi connectivity index (χ1v) is 9.31. The number of rotatable bonds is 4. The third kappa shape index (κ3) is 3.41. The van der Waals surface area contributed by atoms with Gasteiger partial charge in [0.25, 0.3) is 0 Å². The van der Waals surface area contributed by atoms with Crippen LogP contribution in [0.5, 0.6) is 11.5 Å². The molecule has 4 aromatic rings. The Kier molecular flexibility index (Phi) is 4.70. The summed E-state index contributed by atoms with van der Waals surface area (Å²) in [6.07, 6.45) is 2.23. The van der Waals surface area contributed by atoms with Gasteiger partial charge in [-0.3, -0.25) is 9.97 Å². The topological polar surface area (TPSA) is 66.2 Å². The van der Waals surface area contributed by atoms with E-state index in [2.05, 4.69) is 9.97 Å². The molecule has 4 nitrogen and oxygen atoms in total. The zero-order valence-electron chi connectivity index (χ0n) is 15.9. The number of nitrogens with zero attached hydrogens (tertiary/aromatic N) is 2. The summed E-state index contributed by atoms with van der Waals surface area (Å²) in [5.41, 5.74) is 4.97. The molecule has 1 atom stereocenters. The van der Waals surface area contributed by atoms with Gasteiger partial charge in [-0.2, -0.15) is 0 Å². The van der Waals surface area contributed by atoms with Gasteiger partial charge in [0, 0.05) is 46.4 Å². The van der Waals surface area contributed by atoms with Crippen molar-refractivity contribution in [2.75, 3.05) is 0 Å². The van der Waals surface area contributed by atoms with Crippen LogP contribution in [0.1, 0.15) is 34.0 Å². The van der Waals surface area contributed by atoms with Crippen LogP contribution in [0.3, 0.4) is 0 Å². The van der Waals surface area contributed by atoms with Crippen molar-refractivity contribution in [2.45, 2.75) is 26.2 Å². The molecule has 28 heavy (non-hydrogen) atoms. The molecular formula is C24H22N2O2. The molecule has 2 N–H and O–H groups in total. The number of pyridine rings is 2. The van der Waals surface area contributed by atoms with E-state index in [4.69, 9.17) is 0 Å². The summed E-state index contributed by atoms with van der Waals surface area (Å²) in [5.74, 6) is 0.112. The summed E-state index contributed by atoms with van der Waals surface area (Å²) in [6, 6.07) is 19.1. The monoisotopic (exact) mass is 370 g/mol. The highest BCUT2D eigenvalue weighted by atomic mass is 16.3. The lowest BCUT2D eigenvalue weighted by Gasteiger charge is -2.21. The molecule has 0 saturated heterocycles. The van der Waals surface area contributed by atoms with E-state index in [0.29, 0.717) is 11.9 Å². The number of hydrogen-bond acceptors (Lipinski definition) is 4. The molecule has 140 valence electrons. The Morgan fingerprint density at radius 1 is 0.893 bits per heavy atom. The fourth-order valence-corrected chi connectivity index (χ4v) is 3.69. The molecule has 0 fully saturated rings. The van der Waals surface area contributed by atoms with Crippen LogP contribution in [0.4, 0.5) is 0 Å². The van der Waals surface area contributed by atoms with Crippen LogP contribution < -0.4 is 0 Å². The van der Waals surface area contributed by atoms with Gasteiger partial charge in [0.05, 0.1) is 0 Å². The van der Waals surface area contributed by atoms with Crippen molar-refractivity contribution in [2.24, 2.45) is 0 Å². The Labute approximate surface area is 164 Å². The largest absolute Gasteiger partial charge is 0.508 e. The minimum Gasteiger partial charge on any atom is -0.508 e. The molecule has 0 saturated carbocycles. The molecular weight excluding hydrogens is 348 g/mol. The average Bonchev–Trinajstić information content (AvgIpc) is 2.69. The number of aromatic hydroxyl groups is 2. The first kappa shape index (κ1) is 18.0. The Morgan fingerprint density at radius 2 is 1.75 bits per heavy atom. The van der Waals surface area contributed by atoms with Crippen LogP contribution >= 0.6 is 0 Å². The van der Waals surface area contributed by atoms with Crippen molar-refractivity contribution in [3.8, 4) is 11.5 Å². The molecule has 2 heterocycles. The van der Waals surface area contributed by atoms with Gasteiger partial charge in [0.1, 0.15) is 17.0 Å². The Balaban J connectivity index is 1.90. The summed E-state index contributed by atoms with van der Waals surface area (Å²) >= 11 is 0. The maximum Gasteiger partial charge on any atom is 0.145 e. The predicted octanol–water partition coefficient (Wildman–Crippen LogP) is 5.03. The average molecular weight is 370 g/mol. The molecule has 0 aliphatic heterocycles. The van der Waals surface area contributed by atoms with Crippen LogP contribution in [0.15, 0.2) is 66.9 Å². The van der Waals surface area contributed by atoms with Crippen LogP contribution in [-0.2, 0) is 6.42 Å². The van der Waals surface area contributed by atoms with Crippen molar-refractivity contribution in [1.82, 2.24) is 9.97 Å². The Hall–Kier alpha value is -3.40. The second kappa shape index (κ2) is 7.31. The fourth-order valence-electron chi connectivity index (χ4n) is 3.69. The highest BCUT2D eigenvalue weighted by Gasteiger charge is 2.23. The van der Waals surface area contributed by atoms with E-state index in [-0.39, 0.29) is 17.4 Å². The van der Waals surface area contributed by atoms with Gasteiger partial charge in [-0.1, -0.05) is 42.0 Å². The number of benzene rings is 2. The molecule has 0 bridgehead atoms. The van der Waals surface area contributed by atoms with Crippen molar-refractivity contribution >= 4 is 10.9 Å². The number of phenols is 2. The van der Waals surface area contributed by atoms with Crippen molar-refractivity contribution in [3.05, 3.63) is 94.9 Å². The van der Waals surface area contributed by atoms with Gasteiger partial charge in [0.2, 0.25) is 0 Å². The van der Waals surface area contributed by atoms with Gasteiger partial charge < -0.3 is 10.2 Å². The van der Waals surface area contributed by atoms with Crippen molar-refractivity contribution in [1.29, 1.82) is 0 Å². The van der Waals surface area contributed by atoms with Crippen LogP contribution in [0, 0.1) is 13.8 Å². The zero-order chi connectivity index (χ0) is 19.7. The van der Waals surface area contributed by atoms with Gasteiger partial charge in [-0.25, -0.2) is 0 Å². The van der Waals surface area contributed by atoms with Crippen LogP contribution in [-0.4, -0.2) is 20.2 Å². The summed E-state index contributed by atoms with van der Waals surface area (Å²) in [6.45, 7) is 3.95. The lowest BCUT2D eigenvalue weighted by atomic mass is 9.85. The molecule has 1 unspecified atom stereocenters. The number of phenolic OH excluding ortho intramolecular Hbond substituents is 2. The maximum atomic E-state index is 11.0. The molecule has 4 heteroatoms. The lowest BCUT2D eigenvalue weighted by molar-refractivity contribution is 0.455. The highest BCUT2D eigenvalue weighted by molar-refractivity contribution is 5.85. The Morgan fingerprint density at radius 3 is 2.57 bits per heavy atom. The number of hydrogen-bond donors (Lipinski definition) is 2. The summed E-state index contributed by atoms with van der Waals surface area (Å²) in [4.78, 5) is 8.98. The minimum atomic E-state index is -0.249. The van der Waals surface area contributed by atoms with Gasteiger partial charge in [-0.05, 0) is 38.1 Å². The first-order chi connectivity index (χ1) is 13.5. The first-order valence-electron chi connectivity index (χ1n) is 9.31. The Bertz CT molecular complexity index is 1150. The van der Waals surface area contributed by atoms with E-state index in [9.17, 15) is 10.2 Å². The van der Waals surface area contributed by atoms with E-state index in [1.165, 1.54) is 0 Å². The molecule has 4 rings (SSSR count). The standard InChI is InChI=1S/C24H22N2O2/c1-15-8-11-22(27)21(13-15)20(14-18-7-3-5-16(2)26-18)19-10-9-17-6-4-12-25-23(17)24(19)28/h3-13,20,27-28H,14H2,1-2H3. The molecule has 2 aromatic carbocycles. The third-order valence-electron chi connectivity index (χ3n) is 5.07.